The van der Waals surface area contributed by atoms with Crippen LogP contribution in [-0.2, 0) is 0 Å². The van der Waals surface area contributed by atoms with Gasteiger partial charge >= 0.3 is 0 Å². The lowest BCUT2D eigenvalue weighted by Crippen LogP contribution is -2.45. The van der Waals surface area contributed by atoms with Gasteiger partial charge in [0.25, 0.3) is 0 Å². The third-order valence-corrected chi connectivity index (χ3v) is 12.0. The predicted octanol–water partition coefficient (Wildman–Crippen LogP) is 7.63. The molecule has 2 aromatic carbocycles. The van der Waals surface area contributed by atoms with Crippen LogP contribution in [0.5, 0.6) is 0 Å². The number of hydrogen-bond acceptors (Lipinski definition) is 8. The molecule has 6 nitrogen and oxygen atoms in total. The summed E-state index contributed by atoms with van der Waals surface area (Å²) in [5.41, 5.74) is -1.56. The summed E-state index contributed by atoms with van der Waals surface area (Å²) in [5.74, 6) is 0.389. The molecule has 0 radical (unpaired) electrons. The van der Waals surface area contributed by atoms with Gasteiger partial charge in [-0.1, -0.05) is 63.4 Å². The molecule has 6 N–H and O–H groups in total. The van der Waals surface area contributed by atoms with E-state index in [1.54, 1.807) is 44.3 Å². The van der Waals surface area contributed by atoms with E-state index < -0.39 is 35.1 Å². The second kappa shape index (κ2) is 19.0. The number of benzene rings is 2. The monoisotopic (exact) mass is 678 g/mol. The molecule has 9 atom stereocenters. The van der Waals surface area contributed by atoms with E-state index >= 15 is 0 Å². The lowest BCUT2D eigenvalue weighted by molar-refractivity contribution is -0.0952. The Morgan fingerprint density at radius 3 is 1.24 bits per heavy atom. The summed E-state index contributed by atoms with van der Waals surface area (Å²) in [6.07, 6.45) is 5.12. The first-order chi connectivity index (χ1) is 20.6. The van der Waals surface area contributed by atoms with E-state index in [1.807, 2.05) is 43.3 Å². The summed E-state index contributed by atoms with van der Waals surface area (Å²) < 4.78 is 0. The van der Waals surface area contributed by atoms with Crippen molar-refractivity contribution in [2.75, 3.05) is 0 Å². The molecule has 3 aliphatic carbocycles. The topological polar surface area (TPSA) is 121 Å². The zero-order valence-electron chi connectivity index (χ0n) is 26.8. The van der Waals surface area contributed by atoms with Gasteiger partial charge in [0.2, 0.25) is 0 Å². The number of aliphatic hydroxyl groups is 6. The van der Waals surface area contributed by atoms with Crippen molar-refractivity contribution in [3.05, 3.63) is 72.8 Å². The van der Waals surface area contributed by atoms with Gasteiger partial charge in [-0.3, -0.25) is 0 Å². The standard InChI is InChI=1S/2C13H18O2S.C10H18O2.2CH4/c2*1-13(15)8-7-11(9-12(13)14)16-10-5-3-2-4-6-10;1-7(2)8-4-5-10(3,12)9(11)6-8;;/h2*2-6,11-12,14-15H,7-9H2,1H3;8-9,11-12H,1,4-6H2,2-3H3;2*1H4/t11-,12+,13+;11-,12-,13-;8-,9+,10+;;/m010../s1. The summed E-state index contributed by atoms with van der Waals surface area (Å²) in [6.45, 7) is 11.0. The Labute approximate surface area is 287 Å². The van der Waals surface area contributed by atoms with Gasteiger partial charge in [-0.05, 0) is 116 Å². The molecule has 0 bridgehead atoms. The quantitative estimate of drug-likeness (QED) is 0.179. The Morgan fingerprint density at radius 2 is 0.935 bits per heavy atom. The van der Waals surface area contributed by atoms with Crippen LogP contribution in [0.3, 0.4) is 0 Å². The summed E-state index contributed by atoms with van der Waals surface area (Å²) in [5, 5.41) is 59.4. The maximum absolute atomic E-state index is 9.87. The first-order valence-electron chi connectivity index (χ1n) is 15.9. The minimum atomic E-state index is -0.895. The van der Waals surface area contributed by atoms with E-state index in [0.717, 1.165) is 24.8 Å². The van der Waals surface area contributed by atoms with Crippen molar-refractivity contribution in [2.24, 2.45) is 5.92 Å². The van der Waals surface area contributed by atoms with Crippen molar-refractivity contribution in [2.45, 2.75) is 156 Å². The Bertz CT molecular complexity index is 1070. The van der Waals surface area contributed by atoms with Gasteiger partial charge in [0.15, 0.2) is 0 Å². The zero-order valence-corrected chi connectivity index (χ0v) is 28.4. The van der Waals surface area contributed by atoms with Crippen molar-refractivity contribution in [3.63, 3.8) is 0 Å². The van der Waals surface area contributed by atoms with Crippen LogP contribution in [0.1, 0.15) is 100 Å². The third-order valence-electron chi connectivity index (χ3n) is 9.37. The maximum atomic E-state index is 9.87. The van der Waals surface area contributed by atoms with Gasteiger partial charge in [0.05, 0.1) is 35.1 Å². The first-order valence-corrected chi connectivity index (χ1v) is 17.6. The second-order valence-corrected chi connectivity index (χ2v) is 16.3. The number of hydrogen-bond donors (Lipinski definition) is 6. The second-order valence-electron chi connectivity index (χ2n) is 13.6. The van der Waals surface area contributed by atoms with E-state index in [1.165, 1.54) is 9.79 Å². The molecule has 5 rings (SSSR count). The largest absolute Gasteiger partial charge is 0.390 e. The molecule has 2 aromatic rings. The maximum Gasteiger partial charge on any atom is 0.0878 e. The highest BCUT2D eigenvalue weighted by Crippen LogP contribution is 2.39. The average molecular weight is 679 g/mol. The molecule has 46 heavy (non-hydrogen) atoms. The van der Waals surface area contributed by atoms with E-state index in [0.29, 0.717) is 54.9 Å². The molecular weight excluding hydrogens is 617 g/mol. The van der Waals surface area contributed by atoms with Crippen LogP contribution in [0.25, 0.3) is 0 Å². The lowest BCUT2D eigenvalue weighted by Gasteiger charge is -2.38. The molecule has 262 valence electrons. The SMILES string of the molecule is C.C.C=C(C)[C@H]1CC[C@@](C)(O)[C@H](O)C1.C[C@@]1(O)CC[C@@H](Sc2ccccc2)C[C@H]1O.C[C@@]1(O)CC[C@H](Sc2ccccc2)C[C@H]1O. The molecule has 3 saturated carbocycles. The van der Waals surface area contributed by atoms with Crippen LogP contribution < -0.4 is 0 Å². The summed E-state index contributed by atoms with van der Waals surface area (Å²) in [6, 6.07) is 20.5. The van der Waals surface area contributed by atoms with Crippen molar-refractivity contribution in [3.8, 4) is 0 Å². The fraction of sp³-hybridized carbons (Fsp3) is 0.632. The van der Waals surface area contributed by atoms with E-state index in [-0.39, 0.29) is 14.9 Å². The van der Waals surface area contributed by atoms with Crippen molar-refractivity contribution in [1.82, 2.24) is 0 Å². The van der Waals surface area contributed by atoms with Crippen LogP contribution in [0.2, 0.25) is 0 Å². The molecule has 8 heteroatoms. The number of rotatable bonds is 5. The van der Waals surface area contributed by atoms with Gasteiger partial charge in [0.1, 0.15) is 0 Å². The smallest absolute Gasteiger partial charge is 0.0878 e. The fourth-order valence-electron chi connectivity index (χ4n) is 5.80. The minimum absolute atomic E-state index is 0. The highest BCUT2D eigenvalue weighted by molar-refractivity contribution is 8.00. The third kappa shape index (κ3) is 13.3. The summed E-state index contributed by atoms with van der Waals surface area (Å²) in [7, 11) is 0. The van der Waals surface area contributed by atoms with Crippen LogP contribution in [0.4, 0.5) is 0 Å². The molecule has 0 heterocycles. The van der Waals surface area contributed by atoms with Gasteiger partial charge < -0.3 is 30.6 Å². The molecular formula is C38H62O6S2. The average Bonchev–Trinajstić information content (AvgIpc) is 2.96. The molecule has 0 aliphatic heterocycles. The Balaban J connectivity index is 0.000000342. The van der Waals surface area contributed by atoms with Crippen molar-refractivity contribution in [1.29, 1.82) is 0 Å². The number of allylic oxidation sites excluding steroid dienone is 1. The number of aliphatic hydroxyl groups excluding tert-OH is 3. The van der Waals surface area contributed by atoms with Crippen LogP contribution in [0, 0.1) is 5.92 Å². The van der Waals surface area contributed by atoms with Gasteiger partial charge in [-0.25, -0.2) is 0 Å². The molecule has 0 amide bonds. The fourth-order valence-corrected chi connectivity index (χ4v) is 8.23. The van der Waals surface area contributed by atoms with Gasteiger partial charge in [-0.2, -0.15) is 0 Å². The van der Waals surface area contributed by atoms with Gasteiger partial charge in [0, 0.05) is 20.3 Å². The minimum Gasteiger partial charge on any atom is -0.390 e. The van der Waals surface area contributed by atoms with Gasteiger partial charge in [-0.15, -0.1) is 23.5 Å². The molecule has 3 fully saturated rings. The van der Waals surface area contributed by atoms with Crippen LogP contribution in [-0.4, -0.2) is 76.3 Å². The molecule has 0 unspecified atom stereocenters. The normalized spacial score (nSPS) is 35.4. The highest BCUT2D eigenvalue weighted by Gasteiger charge is 2.39. The summed E-state index contributed by atoms with van der Waals surface area (Å²) >= 11 is 3.60. The molecule has 0 saturated heterocycles. The van der Waals surface area contributed by atoms with Crippen molar-refractivity contribution < 1.29 is 30.6 Å². The molecule has 0 aromatic heterocycles. The highest BCUT2D eigenvalue weighted by atomic mass is 32.2. The zero-order chi connectivity index (χ0) is 32.5. The first kappa shape index (κ1) is 42.7. The molecule has 0 spiro atoms. The van der Waals surface area contributed by atoms with E-state index in [4.69, 9.17) is 0 Å². The predicted molar refractivity (Wildman–Crippen MR) is 195 cm³/mol. The van der Waals surface area contributed by atoms with Crippen LogP contribution >= 0.6 is 23.5 Å². The van der Waals surface area contributed by atoms with E-state index in [9.17, 15) is 30.6 Å². The lowest BCUT2D eigenvalue weighted by atomic mass is 9.75. The summed E-state index contributed by atoms with van der Waals surface area (Å²) in [4.78, 5) is 2.47. The van der Waals surface area contributed by atoms with Crippen molar-refractivity contribution >= 4 is 23.5 Å². The Kier molecular flexibility index (Phi) is 17.6. The Hall–Kier alpha value is -1.36. The Morgan fingerprint density at radius 1 is 0.609 bits per heavy atom. The van der Waals surface area contributed by atoms with Crippen LogP contribution in [0.15, 0.2) is 82.6 Å². The molecule has 3 aliphatic rings. The number of thioether (sulfide) groups is 2. The van der Waals surface area contributed by atoms with E-state index in [2.05, 4.69) is 30.8 Å².